The number of nitrogens with zero attached hydrogens (tertiary/aromatic N) is 5. The van der Waals surface area contributed by atoms with Crippen LogP contribution in [0.15, 0.2) is 47.7 Å². The minimum atomic E-state index is -0.0271. The van der Waals surface area contributed by atoms with Crippen molar-refractivity contribution in [1.82, 2.24) is 24.9 Å². The monoisotopic (exact) mass is 342 g/mol. The summed E-state index contributed by atoms with van der Waals surface area (Å²) in [7, 11) is 5.40. The molecule has 1 heterocycles. The summed E-state index contributed by atoms with van der Waals surface area (Å²) < 4.78 is 1.85. The molecule has 2 rings (SSSR count). The molecule has 2 aromatic rings. The maximum atomic E-state index is 11.8. The van der Waals surface area contributed by atoms with E-state index in [1.54, 1.807) is 14.1 Å². The standard InChI is InChI=1S/C18H26N6O/c1-5-19-18(20-12-17(25)22(2)3)23(4)13-15-11-21-24(14-15)16-9-7-6-8-10-16/h6-11,14H,5,12-13H2,1-4H3,(H,19,20). The van der Waals surface area contributed by atoms with E-state index in [-0.39, 0.29) is 12.5 Å². The zero-order valence-electron chi connectivity index (χ0n) is 15.3. The lowest BCUT2D eigenvalue weighted by atomic mass is 10.3. The Morgan fingerprint density at radius 1 is 1.24 bits per heavy atom. The Morgan fingerprint density at radius 3 is 2.60 bits per heavy atom. The Kier molecular flexibility index (Phi) is 6.56. The molecule has 0 atom stereocenters. The molecule has 0 bridgehead atoms. The van der Waals surface area contributed by atoms with Gasteiger partial charge in [0.2, 0.25) is 5.91 Å². The number of carbonyl (C=O) groups is 1. The van der Waals surface area contributed by atoms with Crippen molar-refractivity contribution in [1.29, 1.82) is 0 Å². The number of hydrogen-bond donors (Lipinski definition) is 1. The Hall–Kier alpha value is -2.83. The molecule has 0 unspecified atom stereocenters. The third-order valence-corrected chi connectivity index (χ3v) is 3.64. The molecule has 0 aliphatic rings. The number of rotatable bonds is 6. The molecule has 0 spiro atoms. The van der Waals surface area contributed by atoms with Gasteiger partial charge in [0.05, 0.1) is 11.9 Å². The van der Waals surface area contributed by atoms with E-state index in [4.69, 9.17) is 0 Å². The van der Waals surface area contributed by atoms with Crippen LogP contribution in [0.3, 0.4) is 0 Å². The molecule has 0 saturated carbocycles. The number of benzene rings is 1. The molecule has 0 aliphatic heterocycles. The first-order valence-electron chi connectivity index (χ1n) is 8.29. The van der Waals surface area contributed by atoms with Gasteiger partial charge in [0, 0.05) is 46.0 Å². The van der Waals surface area contributed by atoms with E-state index in [9.17, 15) is 4.79 Å². The fraction of sp³-hybridized carbons (Fsp3) is 0.389. The molecule has 25 heavy (non-hydrogen) atoms. The summed E-state index contributed by atoms with van der Waals surface area (Å²) in [6.45, 7) is 3.52. The third kappa shape index (κ3) is 5.34. The summed E-state index contributed by atoms with van der Waals surface area (Å²) in [5, 5.41) is 7.62. The van der Waals surface area contributed by atoms with Gasteiger partial charge in [-0.05, 0) is 19.1 Å². The van der Waals surface area contributed by atoms with Gasteiger partial charge in [0.1, 0.15) is 6.54 Å². The lowest BCUT2D eigenvalue weighted by Gasteiger charge is -2.21. The molecular formula is C18H26N6O. The highest BCUT2D eigenvalue weighted by molar-refractivity contribution is 5.84. The van der Waals surface area contributed by atoms with Gasteiger partial charge in [-0.25, -0.2) is 9.67 Å². The maximum absolute atomic E-state index is 11.8. The second kappa shape index (κ2) is 8.86. The van der Waals surface area contributed by atoms with E-state index < -0.39 is 0 Å². The summed E-state index contributed by atoms with van der Waals surface area (Å²) in [5.74, 6) is 0.672. The summed E-state index contributed by atoms with van der Waals surface area (Å²) in [6, 6.07) is 9.98. The average molecular weight is 342 g/mol. The van der Waals surface area contributed by atoms with Crippen molar-refractivity contribution in [3.05, 3.63) is 48.3 Å². The first-order valence-corrected chi connectivity index (χ1v) is 8.29. The van der Waals surface area contributed by atoms with Crippen LogP contribution in [-0.2, 0) is 11.3 Å². The highest BCUT2D eigenvalue weighted by atomic mass is 16.2. The summed E-state index contributed by atoms with van der Waals surface area (Å²) in [4.78, 5) is 19.7. The van der Waals surface area contributed by atoms with Crippen molar-refractivity contribution in [2.24, 2.45) is 4.99 Å². The first-order chi connectivity index (χ1) is 12.0. The van der Waals surface area contributed by atoms with Crippen LogP contribution in [0.5, 0.6) is 0 Å². The van der Waals surface area contributed by atoms with Gasteiger partial charge in [0.15, 0.2) is 5.96 Å². The van der Waals surface area contributed by atoms with E-state index in [0.717, 1.165) is 17.8 Å². The van der Waals surface area contributed by atoms with Crippen LogP contribution in [0.4, 0.5) is 0 Å². The lowest BCUT2D eigenvalue weighted by Crippen LogP contribution is -2.39. The molecule has 0 saturated heterocycles. The van der Waals surface area contributed by atoms with Gasteiger partial charge in [-0.15, -0.1) is 0 Å². The molecule has 1 amide bonds. The largest absolute Gasteiger partial charge is 0.357 e. The topological polar surface area (TPSA) is 65.8 Å². The van der Waals surface area contributed by atoms with E-state index in [0.29, 0.717) is 12.5 Å². The zero-order chi connectivity index (χ0) is 18.2. The van der Waals surface area contributed by atoms with Gasteiger partial charge in [-0.3, -0.25) is 4.79 Å². The molecule has 0 aliphatic carbocycles. The van der Waals surface area contributed by atoms with Crippen molar-refractivity contribution in [3.8, 4) is 5.69 Å². The van der Waals surface area contributed by atoms with E-state index >= 15 is 0 Å². The molecular weight excluding hydrogens is 316 g/mol. The molecule has 0 radical (unpaired) electrons. The highest BCUT2D eigenvalue weighted by Gasteiger charge is 2.10. The number of carbonyl (C=O) groups excluding carboxylic acids is 1. The van der Waals surface area contributed by atoms with Crippen molar-refractivity contribution < 1.29 is 4.79 Å². The highest BCUT2D eigenvalue weighted by Crippen LogP contribution is 2.09. The molecule has 7 nitrogen and oxygen atoms in total. The molecule has 1 aromatic heterocycles. The Morgan fingerprint density at radius 2 is 1.96 bits per heavy atom. The maximum Gasteiger partial charge on any atom is 0.243 e. The zero-order valence-corrected chi connectivity index (χ0v) is 15.3. The second-order valence-electron chi connectivity index (χ2n) is 5.94. The van der Waals surface area contributed by atoms with Gasteiger partial charge >= 0.3 is 0 Å². The Labute approximate surface area is 149 Å². The smallest absolute Gasteiger partial charge is 0.243 e. The molecule has 134 valence electrons. The van der Waals surface area contributed by atoms with Gasteiger partial charge in [0.25, 0.3) is 0 Å². The number of guanidine groups is 1. The fourth-order valence-electron chi connectivity index (χ4n) is 2.27. The Balaban J connectivity index is 2.05. The minimum absolute atomic E-state index is 0.0271. The van der Waals surface area contributed by atoms with Crippen LogP contribution >= 0.6 is 0 Å². The normalized spacial score (nSPS) is 11.3. The molecule has 1 aromatic carbocycles. The van der Waals surface area contributed by atoms with Crippen molar-refractivity contribution >= 4 is 11.9 Å². The predicted octanol–water partition coefficient (Wildman–Crippen LogP) is 1.36. The van der Waals surface area contributed by atoms with Crippen LogP contribution in [0.1, 0.15) is 12.5 Å². The van der Waals surface area contributed by atoms with E-state index in [1.807, 2.05) is 66.3 Å². The number of nitrogens with one attached hydrogen (secondary N) is 1. The number of para-hydroxylation sites is 1. The van der Waals surface area contributed by atoms with Gasteiger partial charge in [-0.1, -0.05) is 18.2 Å². The van der Waals surface area contributed by atoms with Crippen LogP contribution in [0.25, 0.3) is 5.69 Å². The van der Waals surface area contributed by atoms with Crippen LogP contribution < -0.4 is 5.32 Å². The fourth-order valence-corrected chi connectivity index (χ4v) is 2.27. The van der Waals surface area contributed by atoms with E-state index in [2.05, 4.69) is 15.4 Å². The molecule has 7 heteroatoms. The summed E-state index contributed by atoms with van der Waals surface area (Å²) >= 11 is 0. The SMILES string of the molecule is CCNC(=NCC(=O)N(C)C)N(C)Cc1cnn(-c2ccccc2)c1. The minimum Gasteiger partial charge on any atom is -0.357 e. The molecule has 1 N–H and O–H groups in total. The number of hydrogen-bond acceptors (Lipinski definition) is 3. The number of aliphatic imine (C=N–C) groups is 1. The van der Waals surface area contributed by atoms with Crippen LogP contribution in [0.2, 0.25) is 0 Å². The average Bonchev–Trinajstić information content (AvgIpc) is 3.07. The van der Waals surface area contributed by atoms with Crippen molar-refractivity contribution in [2.45, 2.75) is 13.5 Å². The van der Waals surface area contributed by atoms with Crippen LogP contribution in [-0.4, -0.2) is 65.7 Å². The number of amides is 1. The lowest BCUT2D eigenvalue weighted by molar-refractivity contribution is -0.127. The van der Waals surface area contributed by atoms with Crippen molar-refractivity contribution in [3.63, 3.8) is 0 Å². The molecule has 0 fully saturated rings. The quantitative estimate of drug-likeness (QED) is 0.636. The third-order valence-electron chi connectivity index (χ3n) is 3.64. The van der Waals surface area contributed by atoms with E-state index in [1.165, 1.54) is 4.90 Å². The second-order valence-corrected chi connectivity index (χ2v) is 5.94. The Bertz CT molecular complexity index is 707. The summed E-state index contributed by atoms with van der Waals surface area (Å²) in [5.41, 5.74) is 2.09. The van der Waals surface area contributed by atoms with Gasteiger partial charge in [-0.2, -0.15) is 5.10 Å². The predicted molar refractivity (Wildman–Crippen MR) is 99.7 cm³/mol. The van der Waals surface area contributed by atoms with Crippen molar-refractivity contribution in [2.75, 3.05) is 34.2 Å². The summed E-state index contributed by atoms with van der Waals surface area (Å²) in [6.07, 6.45) is 3.85. The van der Waals surface area contributed by atoms with Gasteiger partial charge < -0.3 is 15.1 Å². The van der Waals surface area contributed by atoms with Crippen LogP contribution in [0, 0.1) is 0 Å². The number of aromatic nitrogens is 2. The first kappa shape index (κ1) is 18.5. The number of likely N-dealkylation sites (N-methyl/N-ethyl adjacent to an activating group) is 1.